The van der Waals surface area contributed by atoms with Crippen LogP contribution < -0.4 is 10.3 Å². The highest BCUT2D eigenvalue weighted by Crippen LogP contribution is 2.27. The van der Waals surface area contributed by atoms with E-state index < -0.39 is 0 Å². The third-order valence-corrected chi connectivity index (χ3v) is 5.12. The van der Waals surface area contributed by atoms with Crippen LogP contribution in [0.4, 0.5) is 5.69 Å². The predicted octanol–water partition coefficient (Wildman–Crippen LogP) is 4.05. The molecule has 0 spiro atoms. The van der Waals surface area contributed by atoms with Crippen molar-refractivity contribution in [3.05, 3.63) is 64.1 Å². The number of halogens is 1. The Hall–Kier alpha value is -2.47. The van der Waals surface area contributed by atoms with Crippen molar-refractivity contribution in [2.24, 2.45) is 5.10 Å². The first-order chi connectivity index (χ1) is 13.0. The summed E-state index contributed by atoms with van der Waals surface area (Å²) in [6.07, 6.45) is 2.23. The number of hydrogen-bond acceptors (Lipinski definition) is 3. The zero-order chi connectivity index (χ0) is 19.2. The van der Waals surface area contributed by atoms with Crippen molar-refractivity contribution in [2.75, 3.05) is 11.4 Å². The molecule has 6 heteroatoms. The van der Waals surface area contributed by atoms with Crippen LogP contribution in [0, 0.1) is 0 Å². The summed E-state index contributed by atoms with van der Waals surface area (Å²) in [7, 11) is 0. The molecule has 1 heterocycles. The molecule has 0 atom stereocenters. The lowest BCUT2D eigenvalue weighted by Crippen LogP contribution is -2.36. The van der Waals surface area contributed by atoms with Crippen LogP contribution >= 0.6 is 15.9 Å². The van der Waals surface area contributed by atoms with E-state index in [2.05, 4.69) is 32.5 Å². The van der Waals surface area contributed by atoms with E-state index in [1.54, 1.807) is 4.90 Å². The van der Waals surface area contributed by atoms with Gasteiger partial charge in [0.2, 0.25) is 11.8 Å². The molecule has 1 aliphatic heterocycles. The first kappa shape index (κ1) is 19.3. The zero-order valence-electron chi connectivity index (χ0n) is 15.2. The highest BCUT2D eigenvalue weighted by atomic mass is 79.9. The lowest BCUT2D eigenvalue weighted by molar-refractivity contribution is -0.125. The van der Waals surface area contributed by atoms with E-state index in [0.717, 1.165) is 28.6 Å². The number of para-hydroxylation sites is 1. The minimum absolute atomic E-state index is 0.0223. The van der Waals surface area contributed by atoms with Crippen LogP contribution in [0.15, 0.2) is 58.1 Å². The zero-order valence-corrected chi connectivity index (χ0v) is 16.8. The van der Waals surface area contributed by atoms with Crippen LogP contribution in [0.2, 0.25) is 0 Å². The second-order valence-electron chi connectivity index (χ2n) is 6.52. The van der Waals surface area contributed by atoms with Gasteiger partial charge in [0, 0.05) is 29.5 Å². The van der Waals surface area contributed by atoms with E-state index in [-0.39, 0.29) is 24.7 Å². The molecular weight excluding hydrogens is 406 g/mol. The number of nitrogens with zero attached hydrogens (tertiary/aromatic N) is 2. The topological polar surface area (TPSA) is 61.8 Å². The Morgan fingerprint density at radius 1 is 1.11 bits per heavy atom. The normalized spacial score (nSPS) is 13.9. The average Bonchev–Trinajstić information content (AvgIpc) is 2.70. The maximum Gasteiger partial charge on any atom is 0.240 e. The summed E-state index contributed by atoms with van der Waals surface area (Å²) < 4.78 is 0.987. The van der Waals surface area contributed by atoms with Crippen LogP contribution in [-0.4, -0.2) is 24.1 Å². The van der Waals surface area contributed by atoms with E-state index in [1.807, 2.05) is 49.4 Å². The first-order valence-electron chi connectivity index (χ1n) is 9.02. The molecule has 5 nitrogen and oxygen atoms in total. The second kappa shape index (κ2) is 8.95. The van der Waals surface area contributed by atoms with Gasteiger partial charge in [0.15, 0.2) is 0 Å². The number of rotatable bonds is 5. The maximum atomic E-state index is 12.6. The molecule has 0 aliphatic carbocycles. The number of anilines is 1. The number of fused-ring (bicyclic) bond motifs is 1. The number of carbonyl (C=O) groups excluding carboxylic acids is 2. The average molecular weight is 428 g/mol. The number of amides is 2. The Morgan fingerprint density at radius 3 is 2.63 bits per heavy atom. The van der Waals surface area contributed by atoms with Crippen LogP contribution in [0.25, 0.3) is 0 Å². The minimum Gasteiger partial charge on any atom is -0.312 e. The summed E-state index contributed by atoms with van der Waals surface area (Å²) in [5.41, 5.74) is 6.35. The lowest BCUT2D eigenvalue weighted by Gasteiger charge is -2.29. The molecule has 0 saturated carbocycles. The molecule has 2 aromatic rings. The SMILES string of the molecule is CC(=NNC(=O)CCC(=O)N1CCCc2ccccc21)c1ccc(Br)cc1. The van der Waals surface area contributed by atoms with Crippen molar-refractivity contribution >= 4 is 39.1 Å². The molecule has 27 heavy (non-hydrogen) atoms. The monoisotopic (exact) mass is 427 g/mol. The molecule has 0 fully saturated rings. The van der Waals surface area contributed by atoms with Gasteiger partial charge >= 0.3 is 0 Å². The third kappa shape index (κ3) is 5.04. The highest BCUT2D eigenvalue weighted by Gasteiger charge is 2.22. The largest absolute Gasteiger partial charge is 0.312 e. The fourth-order valence-corrected chi connectivity index (χ4v) is 3.37. The minimum atomic E-state index is -0.259. The van der Waals surface area contributed by atoms with Gasteiger partial charge in [-0.05, 0) is 49.1 Å². The number of hydrogen-bond donors (Lipinski definition) is 1. The van der Waals surface area contributed by atoms with Gasteiger partial charge in [-0.3, -0.25) is 9.59 Å². The smallest absolute Gasteiger partial charge is 0.240 e. The van der Waals surface area contributed by atoms with Crippen LogP contribution in [-0.2, 0) is 16.0 Å². The van der Waals surface area contributed by atoms with Crippen LogP contribution in [0.3, 0.4) is 0 Å². The van der Waals surface area contributed by atoms with E-state index in [0.29, 0.717) is 12.3 Å². The maximum absolute atomic E-state index is 12.6. The summed E-state index contributed by atoms with van der Waals surface area (Å²) >= 11 is 3.39. The van der Waals surface area contributed by atoms with Gasteiger partial charge in [0.05, 0.1) is 5.71 Å². The number of hydrazone groups is 1. The van der Waals surface area contributed by atoms with E-state index >= 15 is 0 Å². The Balaban J connectivity index is 1.53. The van der Waals surface area contributed by atoms with Gasteiger partial charge in [0.1, 0.15) is 0 Å². The summed E-state index contributed by atoms with van der Waals surface area (Å²) in [5.74, 6) is -0.281. The molecule has 2 amide bonds. The lowest BCUT2D eigenvalue weighted by atomic mass is 10.0. The molecule has 2 aromatic carbocycles. The number of carbonyl (C=O) groups is 2. The molecular formula is C21H22BrN3O2. The Morgan fingerprint density at radius 2 is 1.85 bits per heavy atom. The van der Waals surface area contributed by atoms with Crippen molar-refractivity contribution in [2.45, 2.75) is 32.6 Å². The number of aryl methyl sites for hydroxylation is 1. The quantitative estimate of drug-likeness (QED) is 0.577. The summed E-state index contributed by atoms with van der Waals surface area (Å²) in [6.45, 7) is 2.54. The summed E-state index contributed by atoms with van der Waals surface area (Å²) in [6, 6.07) is 15.7. The van der Waals surface area contributed by atoms with Gasteiger partial charge < -0.3 is 4.90 Å². The third-order valence-electron chi connectivity index (χ3n) is 4.59. The summed E-state index contributed by atoms with van der Waals surface area (Å²) in [4.78, 5) is 26.4. The molecule has 0 saturated heterocycles. The van der Waals surface area contributed by atoms with Crippen molar-refractivity contribution in [1.29, 1.82) is 0 Å². The molecule has 0 bridgehead atoms. The van der Waals surface area contributed by atoms with E-state index in [9.17, 15) is 9.59 Å². The van der Waals surface area contributed by atoms with Gasteiger partial charge in [-0.15, -0.1) is 0 Å². The van der Waals surface area contributed by atoms with Crippen molar-refractivity contribution in [3.8, 4) is 0 Å². The fraction of sp³-hybridized carbons (Fsp3) is 0.286. The van der Waals surface area contributed by atoms with Gasteiger partial charge in [-0.1, -0.05) is 46.3 Å². The highest BCUT2D eigenvalue weighted by molar-refractivity contribution is 9.10. The number of benzene rings is 2. The molecule has 1 N–H and O–H groups in total. The molecule has 0 radical (unpaired) electrons. The van der Waals surface area contributed by atoms with Crippen molar-refractivity contribution in [1.82, 2.24) is 5.43 Å². The predicted molar refractivity (Wildman–Crippen MR) is 111 cm³/mol. The molecule has 0 unspecified atom stereocenters. The summed E-state index contributed by atoms with van der Waals surface area (Å²) in [5, 5.41) is 4.13. The number of nitrogens with one attached hydrogen (secondary N) is 1. The standard InChI is InChI=1S/C21H22BrN3O2/c1-15(16-8-10-18(22)11-9-16)23-24-20(26)12-13-21(27)25-14-4-6-17-5-2-3-7-19(17)25/h2-3,5,7-11H,4,6,12-14H2,1H3,(H,24,26). The Kier molecular flexibility index (Phi) is 6.40. The van der Waals surface area contributed by atoms with Crippen molar-refractivity contribution in [3.63, 3.8) is 0 Å². The molecule has 0 aromatic heterocycles. The molecule has 140 valence electrons. The van der Waals surface area contributed by atoms with E-state index in [4.69, 9.17) is 0 Å². The molecule has 3 rings (SSSR count). The van der Waals surface area contributed by atoms with Crippen LogP contribution in [0.5, 0.6) is 0 Å². The van der Waals surface area contributed by atoms with Crippen LogP contribution in [0.1, 0.15) is 37.3 Å². The Labute approximate surface area is 167 Å². The fourth-order valence-electron chi connectivity index (χ4n) is 3.11. The van der Waals surface area contributed by atoms with Gasteiger partial charge in [0.25, 0.3) is 0 Å². The first-order valence-corrected chi connectivity index (χ1v) is 9.81. The Bertz CT molecular complexity index is 862. The molecule has 1 aliphatic rings. The van der Waals surface area contributed by atoms with Crippen molar-refractivity contribution < 1.29 is 9.59 Å². The van der Waals surface area contributed by atoms with Gasteiger partial charge in [-0.25, -0.2) is 5.43 Å². The van der Waals surface area contributed by atoms with Gasteiger partial charge in [-0.2, -0.15) is 5.10 Å². The second-order valence-corrected chi connectivity index (χ2v) is 7.43. The van der Waals surface area contributed by atoms with E-state index in [1.165, 1.54) is 5.56 Å².